The standard InChI is InChI=1S/C24H22ClNO5S/c1-29-21-12-9-19(13-22(21)30-2)26-23(27)14-31-24(28)17-5-3-16(4-6-17)15-32-20-10-7-18(25)8-11-20/h3-13H,14-15H2,1-2H3,(H,26,27). The minimum atomic E-state index is -0.565. The van der Waals surface area contributed by atoms with Crippen molar-refractivity contribution < 1.29 is 23.8 Å². The Labute approximate surface area is 195 Å². The molecule has 0 saturated heterocycles. The summed E-state index contributed by atoms with van der Waals surface area (Å²) in [5.74, 6) is 0.763. The number of halogens is 1. The quantitative estimate of drug-likeness (QED) is 0.330. The minimum Gasteiger partial charge on any atom is -0.493 e. The van der Waals surface area contributed by atoms with E-state index in [1.165, 1.54) is 14.2 Å². The number of hydrogen-bond donors (Lipinski definition) is 1. The zero-order valence-corrected chi connectivity index (χ0v) is 19.2. The Morgan fingerprint density at radius 3 is 2.25 bits per heavy atom. The fourth-order valence-corrected chi connectivity index (χ4v) is 3.74. The highest BCUT2D eigenvalue weighted by Gasteiger charge is 2.12. The average Bonchev–Trinajstić information content (AvgIpc) is 2.82. The molecule has 3 aromatic rings. The van der Waals surface area contributed by atoms with Gasteiger partial charge in [-0.1, -0.05) is 23.7 Å². The normalized spacial score (nSPS) is 10.3. The molecule has 8 heteroatoms. The van der Waals surface area contributed by atoms with Crippen molar-refractivity contribution in [2.24, 2.45) is 0 Å². The molecule has 0 aliphatic heterocycles. The van der Waals surface area contributed by atoms with Crippen LogP contribution in [0.1, 0.15) is 15.9 Å². The number of hydrogen-bond acceptors (Lipinski definition) is 6. The molecule has 0 fully saturated rings. The molecule has 0 spiro atoms. The number of amides is 1. The second-order valence-electron chi connectivity index (χ2n) is 6.63. The highest BCUT2D eigenvalue weighted by Crippen LogP contribution is 2.29. The van der Waals surface area contributed by atoms with Gasteiger partial charge in [0, 0.05) is 27.4 Å². The molecule has 0 saturated carbocycles. The zero-order valence-electron chi connectivity index (χ0n) is 17.6. The van der Waals surface area contributed by atoms with Gasteiger partial charge in [-0.15, -0.1) is 11.8 Å². The molecule has 1 amide bonds. The van der Waals surface area contributed by atoms with Crippen molar-refractivity contribution >= 4 is 40.9 Å². The summed E-state index contributed by atoms with van der Waals surface area (Å²) in [4.78, 5) is 25.5. The largest absolute Gasteiger partial charge is 0.493 e. The van der Waals surface area contributed by atoms with Crippen LogP contribution in [0.4, 0.5) is 5.69 Å². The number of ether oxygens (including phenoxy) is 3. The molecule has 0 atom stereocenters. The van der Waals surface area contributed by atoms with Crippen LogP contribution in [-0.2, 0) is 15.3 Å². The van der Waals surface area contributed by atoms with Gasteiger partial charge in [0.15, 0.2) is 18.1 Å². The van der Waals surface area contributed by atoms with Crippen LogP contribution >= 0.6 is 23.4 Å². The number of carbonyl (C=O) groups is 2. The van der Waals surface area contributed by atoms with E-state index in [1.807, 2.05) is 36.4 Å². The number of anilines is 1. The first-order chi connectivity index (χ1) is 15.5. The van der Waals surface area contributed by atoms with Gasteiger partial charge in [0.05, 0.1) is 19.8 Å². The summed E-state index contributed by atoms with van der Waals surface area (Å²) >= 11 is 7.57. The summed E-state index contributed by atoms with van der Waals surface area (Å²) < 4.78 is 15.5. The molecule has 6 nitrogen and oxygen atoms in total. The smallest absolute Gasteiger partial charge is 0.338 e. The van der Waals surface area contributed by atoms with Gasteiger partial charge in [-0.2, -0.15) is 0 Å². The van der Waals surface area contributed by atoms with Crippen LogP contribution < -0.4 is 14.8 Å². The first kappa shape index (κ1) is 23.5. The van der Waals surface area contributed by atoms with Crippen molar-refractivity contribution in [3.05, 3.63) is 82.9 Å². The molecule has 3 aromatic carbocycles. The van der Waals surface area contributed by atoms with Gasteiger partial charge in [-0.3, -0.25) is 4.79 Å². The van der Waals surface area contributed by atoms with Crippen LogP contribution in [0.25, 0.3) is 0 Å². The Kier molecular flexibility index (Phi) is 8.41. The predicted molar refractivity (Wildman–Crippen MR) is 126 cm³/mol. The molecule has 0 aliphatic carbocycles. The van der Waals surface area contributed by atoms with Gasteiger partial charge < -0.3 is 19.5 Å². The SMILES string of the molecule is COc1ccc(NC(=O)COC(=O)c2ccc(CSc3ccc(Cl)cc3)cc2)cc1OC. The Morgan fingerprint density at radius 2 is 1.59 bits per heavy atom. The van der Waals surface area contributed by atoms with E-state index in [0.29, 0.717) is 27.8 Å². The van der Waals surface area contributed by atoms with Gasteiger partial charge >= 0.3 is 5.97 Å². The first-order valence-electron chi connectivity index (χ1n) is 9.65. The molecule has 0 radical (unpaired) electrons. The van der Waals surface area contributed by atoms with E-state index in [9.17, 15) is 9.59 Å². The zero-order chi connectivity index (χ0) is 22.9. The second kappa shape index (κ2) is 11.5. The lowest BCUT2D eigenvalue weighted by atomic mass is 10.1. The molecule has 3 rings (SSSR count). The van der Waals surface area contributed by atoms with E-state index in [0.717, 1.165) is 16.2 Å². The van der Waals surface area contributed by atoms with E-state index in [4.69, 9.17) is 25.8 Å². The van der Waals surface area contributed by atoms with Crippen LogP contribution in [0.3, 0.4) is 0 Å². The molecule has 0 unspecified atom stereocenters. The summed E-state index contributed by atoms with van der Waals surface area (Å²) in [5.41, 5.74) is 1.95. The summed E-state index contributed by atoms with van der Waals surface area (Å²) in [6.45, 7) is -0.401. The molecule has 0 aromatic heterocycles. The molecule has 0 aliphatic rings. The lowest BCUT2D eigenvalue weighted by Gasteiger charge is -2.11. The van der Waals surface area contributed by atoms with Crippen LogP contribution in [-0.4, -0.2) is 32.7 Å². The fraction of sp³-hybridized carbons (Fsp3) is 0.167. The van der Waals surface area contributed by atoms with Crippen molar-refractivity contribution in [3.8, 4) is 11.5 Å². The Balaban J connectivity index is 1.48. The number of benzene rings is 3. The van der Waals surface area contributed by atoms with Crippen LogP contribution in [0.5, 0.6) is 11.5 Å². The van der Waals surface area contributed by atoms with Crippen molar-refractivity contribution in [1.29, 1.82) is 0 Å². The van der Waals surface area contributed by atoms with E-state index in [2.05, 4.69) is 5.32 Å². The third-order valence-electron chi connectivity index (χ3n) is 4.41. The van der Waals surface area contributed by atoms with E-state index < -0.39 is 18.5 Å². The third kappa shape index (κ3) is 6.67. The van der Waals surface area contributed by atoms with Gasteiger partial charge in [0.1, 0.15) is 0 Å². The molecule has 1 N–H and O–H groups in total. The number of esters is 1. The minimum absolute atomic E-state index is 0.379. The monoisotopic (exact) mass is 471 g/mol. The van der Waals surface area contributed by atoms with E-state index in [-0.39, 0.29) is 0 Å². The van der Waals surface area contributed by atoms with E-state index >= 15 is 0 Å². The van der Waals surface area contributed by atoms with Crippen molar-refractivity contribution in [3.63, 3.8) is 0 Å². The highest BCUT2D eigenvalue weighted by molar-refractivity contribution is 7.98. The van der Waals surface area contributed by atoms with Crippen molar-refractivity contribution in [2.75, 3.05) is 26.1 Å². The van der Waals surface area contributed by atoms with Crippen LogP contribution in [0.15, 0.2) is 71.6 Å². The lowest BCUT2D eigenvalue weighted by Crippen LogP contribution is -2.21. The molecule has 166 valence electrons. The van der Waals surface area contributed by atoms with E-state index in [1.54, 1.807) is 42.1 Å². The Bertz CT molecular complexity index is 1070. The van der Waals surface area contributed by atoms with Crippen molar-refractivity contribution in [1.82, 2.24) is 0 Å². The third-order valence-corrected chi connectivity index (χ3v) is 5.75. The Morgan fingerprint density at radius 1 is 0.906 bits per heavy atom. The Hall–Kier alpha value is -3.16. The summed E-state index contributed by atoms with van der Waals surface area (Å²) in [7, 11) is 3.04. The second-order valence-corrected chi connectivity index (χ2v) is 8.12. The van der Waals surface area contributed by atoms with Crippen molar-refractivity contribution in [2.45, 2.75) is 10.6 Å². The molecule has 0 bridgehead atoms. The number of thioether (sulfide) groups is 1. The van der Waals surface area contributed by atoms with Crippen LogP contribution in [0, 0.1) is 0 Å². The highest BCUT2D eigenvalue weighted by atomic mass is 35.5. The average molecular weight is 472 g/mol. The molecule has 32 heavy (non-hydrogen) atoms. The first-order valence-corrected chi connectivity index (χ1v) is 11.0. The summed E-state index contributed by atoms with van der Waals surface area (Å²) in [5, 5.41) is 3.36. The van der Waals surface area contributed by atoms with Crippen LogP contribution in [0.2, 0.25) is 5.02 Å². The van der Waals surface area contributed by atoms with Gasteiger partial charge in [-0.05, 0) is 54.1 Å². The summed E-state index contributed by atoms with van der Waals surface area (Å²) in [6, 6.07) is 19.7. The molecule has 0 heterocycles. The van der Waals surface area contributed by atoms with Gasteiger partial charge in [-0.25, -0.2) is 4.79 Å². The number of nitrogens with one attached hydrogen (secondary N) is 1. The maximum atomic E-state index is 12.3. The predicted octanol–water partition coefficient (Wildman–Crippen LogP) is 5.45. The lowest BCUT2D eigenvalue weighted by molar-refractivity contribution is -0.119. The number of carbonyl (C=O) groups excluding carboxylic acids is 2. The number of rotatable bonds is 9. The fourth-order valence-electron chi connectivity index (χ4n) is 2.76. The summed E-state index contributed by atoms with van der Waals surface area (Å²) in [6.07, 6.45) is 0. The maximum Gasteiger partial charge on any atom is 0.338 e. The maximum absolute atomic E-state index is 12.3. The number of methoxy groups -OCH3 is 2. The molecular weight excluding hydrogens is 450 g/mol. The topological polar surface area (TPSA) is 73.9 Å². The van der Waals surface area contributed by atoms with Gasteiger partial charge in [0.2, 0.25) is 0 Å². The molecular formula is C24H22ClNO5S. The van der Waals surface area contributed by atoms with Gasteiger partial charge in [0.25, 0.3) is 5.91 Å².